The van der Waals surface area contributed by atoms with E-state index >= 15 is 0 Å². The number of carbonyl (C=O) groups excluding carboxylic acids is 2. The van der Waals surface area contributed by atoms with Gasteiger partial charge in [-0.25, -0.2) is 0 Å². The third kappa shape index (κ3) is 4.43. The number of hydrogen-bond donors (Lipinski definition) is 2. The zero-order valence-corrected chi connectivity index (χ0v) is 19.4. The molecular weight excluding hydrogens is 442 g/mol. The number of anilines is 1. The summed E-state index contributed by atoms with van der Waals surface area (Å²) < 4.78 is 10.9. The van der Waals surface area contributed by atoms with Crippen LogP contribution < -0.4 is 20.1 Å². The number of aryl methyl sites for hydroxylation is 1. The lowest BCUT2D eigenvalue weighted by Gasteiger charge is -2.17. The van der Waals surface area contributed by atoms with Crippen LogP contribution in [0.3, 0.4) is 0 Å². The van der Waals surface area contributed by atoms with Crippen LogP contribution in [0.4, 0.5) is 5.69 Å². The minimum atomic E-state index is -0.549. The van der Waals surface area contributed by atoms with Gasteiger partial charge >= 0.3 is 0 Å². The van der Waals surface area contributed by atoms with Crippen molar-refractivity contribution in [2.24, 2.45) is 0 Å². The van der Waals surface area contributed by atoms with Gasteiger partial charge in [-0.05, 0) is 78.4 Å². The highest BCUT2D eigenvalue weighted by molar-refractivity contribution is 6.02. The molecule has 2 amide bonds. The molecule has 2 N–H and O–H groups in total. The highest BCUT2D eigenvalue weighted by atomic mass is 16.7. The van der Waals surface area contributed by atoms with Gasteiger partial charge in [-0.15, -0.1) is 0 Å². The monoisotopic (exact) mass is 467 g/mol. The van der Waals surface area contributed by atoms with Crippen LogP contribution in [0.15, 0.2) is 60.7 Å². The molecule has 7 nitrogen and oxygen atoms in total. The molecule has 1 saturated carbocycles. The van der Waals surface area contributed by atoms with Crippen molar-refractivity contribution in [3.63, 3.8) is 0 Å². The van der Waals surface area contributed by atoms with Gasteiger partial charge in [-0.2, -0.15) is 5.26 Å². The Bertz CT molecular complexity index is 1340. The van der Waals surface area contributed by atoms with Gasteiger partial charge in [0.25, 0.3) is 5.91 Å². The Labute approximate surface area is 203 Å². The minimum absolute atomic E-state index is 0.0319. The molecule has 1 fully saturated rings. The van der Waals surface area contributed by atoms with Crippen molar-refractivity contribution >= 4 is 17.5 Å². The summed E-state index contributed by atoms with van der Waals surface area (Å²) in [5, 5.41) is 14.4. The first kappa shape index (κ1) is 22.5. The summed E-state index contributed by atoms with van der Waals surface area (Å²) in [4.78, 5) is 25.5. The highest BCUT2D eigenvalue weighted by Gasteiger charge is 2.51. The number of benzene rings is 3. The summed E-state index contributed by atoms with van der Waals surface area (Å²) >= 11 is 0. The molecule has 0 bridgehead atoms. The summed E-state index contributed by atoms with van der Waals surface area (Å²) in [5.74, 6) is 1.15. The highest BCUT2D eigenvalue weighted by Crippen LogP contribution is 2.51. The van der Waals surface area contributed by atoms with Crippen molar-refractivity contribution in [3.8, 4) is 28.7 Å². The zero-order chi connectivity index (χ0) is 24.4. The molecule has 35 heavy (non-hydrogen) atoms. The first-order chi connectivity index (χ1) is 17.0. The SMILES string of the molecule is Cc1ccc(NC(=O)C2(c3ccc4c(c3)OCO4)CC2)cc1-c1ccc(C(=O)NCCC#N)cc1. The van der Waals surface area contributed by atoms with E-state index < -0.39 is 5.41 Å². The first-order valence-electron chi connectivity index (χ1n) is 11.6. The average molecular weight is 468 g/mol. The Balaban J connectivity index is 1.32. The molecule has 2 aliphatic rings. The van der Waals surface area contributed by atoms with Crippen molar-refractivity contribution in [2.75, 3.05) is 18.7 Å². The number of amides is 2. The summed E-state index contributed by atoms with van der Waals surface area (Å²) in [6.07, 6.45) is 1.85. The normalized spacial score (nSPS) is 14.6. The molecule has 176 valence electrons. The molecule has 7 heteroatoms. The molecule has 0 radical (unpaired) electrons. The fraction of sp³-hybridized carbons (Fsp3) is 0.250. The van der Waals surface area contributed by atoms with E-state index in [4.69, 9.17) is 14.7 Å². The van der Waals surface area contributed by atoms with Gasteiger partial charge in [0.15, 0.2) is 11.5 Å². The Kier molecular flexibility index (Phi) is 5.87. The lowest BCUT2D eigenvalue weighted by atomic mass is 9.94. The predicted molar refractivity (Wildman–Crippen MR) is 131 cm³/mol. The van der Waals surface area contributed by atoms with Crippen LogP contribution in [0.1, 0.15) is 40.7 Å². The Morgan fingerprint density at radius 3 is 2.51 bits per heavy atom. The molecule has 0 unspecified atom stereocenters. The number of ether oxygens (including phenoxy) is 2. The fourth-order valence-corrected chi connectivity index (χ4v) is 4.36. The van der Waals surface area contributed by atoms with E-state index in [2.05, 4.69) is 10.6 Å². The van der Waals surface area contributed by atoms with Crippen molar-refractivity contribution in [3.05, 3.63) is 77.4 Å². The summed E-state index contributed by atoms with van der Waals surface area (Å²) in [7, 11) is 0. The largest absolute Gasteiger partial charge is 0.454 e. The summed E-state index contributed by atoms with van der Waals surface area (Å²) in [6, 6.07) is 20.9. The smallest absolute Gasteiger partial charge is 0.251 e. The predicted octanol–water partition coefficient (Wildman–Crippen LogP) is 4.70. The van der Waals surface area contributed by atoms with Crippen LogP contribution in [0.2, 0.25) is 0 Å². The number of fused-ring (bicyclic) bond motifs is 1. The second kappa shape index (κ2) is 9.15. The van der Waals surface area contributed by atoms with Gasteiger partial charge in [0.1, 0.15) is 0 Å². The molecule has 3 aromatic rings. The van der Waals surface area contributed by atoms with Crippen LogP contribution in [0, 0.1) is 18.3 Å². The molecule has 1 heterocycles. The van der Waals surface area contributed by atoms with Crippen molar-refractivity contribution in [2.45, 2.75) is 31.6 Å². The maximum atomic E-state index is 13.3. The number of nitriles is 1. The lowest BCUT2D eigenvalue weighted by Crippen LogP contribution is -2.27. The zero-order valence-electron chi connectivity index (χ0n) is 19.4. The van der Waals surface area contributed by atoms with Crippen molar-refractivity contribution in [1.29, 1.82) is 5.26 Å². The van der Waals surface area contributed by atoms with Crippen LogP contribution in [-0.4, -0.2) is 25.2 Å². The molecule has 1 aliphatic heterocycles. The number of hydrogen-bond acceptors (Lipinski definition) is 5. The lowest BCUT2D eigenvalue weighted by molar-refractivity contribution is -0.118. The van der Waals surface area contributed by atoms with Crippen molar-refractivity contribution < 1.29 is 19.1 Å². The third-order valence-electron chi connectivity index (χ3n) is 6.59. The number of nitrogens with one attached hydrogen (secondary N) is 2. The van der Waals surface area contributed by atoms with E-state index in [9.17, 15) is 9.59 Å². The topological polar surface area (TPSA) is 100 Å². The van der Waals surface area contributed by atoms with Gasteiger partial charge in [-0.3, -0.25) is 9.59 Å². The summed E-state index contributed by atoms with van der Waals surface area (Å²) in [5.41, 5.74) is 4.64. The Hall–Kier alpha value is -4.31. The Morgan fingerprint density at radius 2 is 1.77 bits per heavy atom. The van der Waals surface area contributed by atoms with E-state index in [0.29, 0.717) is 23.6 Å². The van der Waals surface area contributed by atoms with E-state index in [1.54, 1.807) is 12.1 Å². The van der Waals surface area contributed by atoms with E-state index in [1.807, 2.05) is 61.5 Å². The van der Waals surface area contributed by atoms with Crippen LogP contribution in [0.5, 0.6) is 11.5 Å². The van der Waals surface area contributed by atoms with Crippen molar-refractivity contribution in [1.82, 2.24) is 5.32 Å². The molecule has 0 saturated heterocycles. The fourth-order valence-electron chi connectivity index (χ4n) is 4.36. The maximum Gasteiger partial charge on any atom is 0.251 e. The minimum Gasteiger partial charge on any atom is -0.454 e. The quantitative estimate of drug-likeness (QED) is 0.491. The van der Waals surface area contributed by atoms with Gasteiger partial charge in [0.05, 0.1) is 17.9 Å². The third-order valence-corrected chi connectivity index (χ3v) is 6.59. The van der Waals surface area contributed by atoms with Crippen LogP contribution in [0.25, 0.3) is 11.1 Å². The standard InChI is InChI=1S/C28H25N3O4/c1-18-3-9-22(16-23(18)19-4-6-20(7-5-19)26(32)30-14-2-13-29)31-27(33)28(11-12-28)21-8-10-24-25(15-21)35-17-34-24/h3-10,15-16H,2,11-12,14,17H2,1H3,(H,30,32)(H,31,33). The van der Waals surface area contributed by atoms with Gasteiger partial charge in [-0.1, -0.05) is 24.3 Å². The van der Waals surface area contributed by atoms with Gasteiger partial charge in [0.2, 0.25) is 12.7 Å². The van der Waals surface area contributed by atoms with E-state index in [-0.39, 0.29) is 25.0 Å². The van der Waals surface area contributed by atoms with E-state index in [1.165, 1.54) is 0 Å². The van der Waals surface area contributed by atoms with Gasteiger partial charge in [0, 0.05) is 17.8 Å². The second-order valence-corrected chi connectivity index (χ2v) is 8.88. The number of nitrogens with zero attached hydrogens (tertiary/aromatic N) is 1. The summed E-state index contributed by atoms with van der Waals surface area (Å²) in [6.45, 7) is 2.54. The van der Waals surface area contributed by atoms with Crippen LogP contribution >= 0.6 is 0 Å². The molecular formula is C28H25N3O4. The van der Waals surface area contributed by atoms with E-state index in [0.717, 1.165) is 40.8 Å². The molecule has 0 atom stereocenters. The molecule has 0 spiro atoms. The van der Waals surface area contributed by atoms with Gasteiger partial charge < -0.3 is 20.1 Å². The molecule has 0 aromatic heterocycles. The first-order valence-corrected chi connectivity index (χ1v) is 11.6. The molecule has 3 aromatic carbocycles. The Morgan fingerprint density at radius 1 is 1.00 bits per heavy atom. The average Bonchev–Trinajstić information content (AvgIpc) is 3.56. The number of carbonyl (C=O) groups is 2. The number of rotatable bonds is 7. The van der Waals surface area contributed by atoms with Crippen LogP contribution in [-0.2, 0) is 10.2 Å². The molecule has 5 rings (SSSR count). The maximum absolute atomic E-state index is 13.3. The molecule has 1 aliphatic carbocycles. The second-order valence-electron chi connectivity index (χ2n) is 8.88.